The van der Waals surface area contributed by atoms with Gasteiger partial charge in [-0.3, -0.25) is 4.79 Å². The minimum absolute atomic E-state index is 0.231. The molecule has 0 radical (unpaired) electrons. The number of hydrogen-bond acceptors (Lipinski definition) is 2. The Kier molecular flexibility index (Phi) is 1.48. The molecule has 1 aliphatic heterocycles. The van der Waals surface area contributed by atoms with Crippen molar-refractivity contribution in [3.63, 3.8) is 0 Å². The third-order valence-corrected chi connectivity index (χ3v) is 2.39. The molecular weight excluding hydrogens is 140 g/mol. The highest BCUT2D eigenvalue weighted by atomic mass is 16.5. The summed E-state index contributed by atoms with van der Waals surface area (Å²) < 4.78 is 5.18. The lowest BCUT2D eigenvalue weighted by molar-refractivity contribution is -0.119. The highest BCUT2D eigenvalue weighted by Gasteiger charge is 2.41. The lowest BCUT2D eigenvalue weighted by Gasteiger charge is -1.99. The van der Waals surface area contributed by atoms with Crippen LogP contribution in [0.3, 0.4) is 0 Å². The van der Waals surface area contributed by atoms with Crippen molar-refractivity contribution in [3.05, 3.63) is 11.8 Å². The fourth-order valence-corrected chi connectivity index (χ4v) is 1.46. The van der Waals surface area contributed by atoms with E-state index in [0.717, 1.165) is 12.8 Å². The summed E-state index contributed by atoms with van der Waals surface area (Å²) in [5.74, 6) is 1.72. The lowest BCUT2D eigenvalue weighted by atomic mass is 10.2. The van der Waals surface area contributed by atoms with Crippen LogP contribution in [0.2, 0.25) is 0 Å². The maximum atomic E-state index is 11.4. The van der Waals surface area contributed by atoms with Crippen LogP contribution in [-0.2, 0) is 9.53 Å². The van der Waals surface area contributed by atoms with Crippen molar-refractivity contribution in [2.75, 3.05) is 6.61 Å². The first-order chi connectivity index (χ1) is 5.29. The molecule has 2 heteroatoms. The summed E-state index contributed by atoms with van der Waals surface area (Å²) in [5.41, 5.74) is 0. The number of rotatable bonds is 2. The van der Waals surface area contributed by atoms with Crippen molar-refractivity contribution >= 4 is 5.78 Å². The van der Waals surface area contributed by atoms with E-state index in [2.05, 4.69) is 6.92 Å². The molecule has 0 saturated heterocycles. The first-order valence-corrected chi connectivity index (χ1v) is 4.16. The molecule has 0 N–H and O–H groups in total. The molecule has 1 saturated carbocycles. The van der Waals surface area contributed by atoms with E-state index < -0.39 is 0 Å². The fourth-order valence-electron chi connectivity index (χ4n) is 1.46. The van der Waals surface area contributed by atoms with Crippen LogP contribution in [-0.4, -0.2) is 12.4 Å². The summed E-state index contributed by atoms with van der Waals surface area (Å²) in [6.45, 7) is 2.81. The van der Waals surface area contributed by atoms with Crippen molar-refractivity contribution in [2.45, 2.75) is 19.8 Å². The Labute approximate surface area is 66.2 Å². The third kappa shape index (κ3) is 1.17. The SMILES string of the molecule is CC1CC1C(=O)C1=CCCO1. The van der Waals surface area contributed by atoms with Crippen molar-refractivity contribution in [1.29, 1.82) is 0 Å². The van der Waals surface area contributed by atoms with Gasteiger partial charge in [0.2, 0.25) is 0 Å². The fraction of sp³-hybridized carbons (Fsp3) is 0.667. The zero-order chi connectivity index (χ0) is 7.84. The van der Waals surface area contributed by atoms with Crippen LogP contribution >= 0.6 is 0 Å². The van der Waals surface area contributed by atoms with E-state index in [9.17, 15) is 4.79 Å². The molecular formula is C9H12O2. The molecule has 60 valence electrons. The molecule has 0 amide bonds. The third-order valence-electron chi connectivity index (χ3n) is 2.39. The second-order valence-electron chi connectivity index (χ2n) is 3.39. The quantitative estimate of drug-likeness (QED) is 0.599. The van der Waals surface area contributed by atoms with Crippen LogP contribution in [0.15, 0.2) is 11.8 Å². The summed E-state index contributed by atoms with van der Waals surface area (Å²) in [7, 11) is 0. The number of allylic oxidation sites excluding steroid dienone is 1. The Balaban J connectivity index is 1.99. The predicted molar refractivity (Wildman–Crippen MR) is 40.9 cm³/mol. The molecule has 0 spiro atoms. The van der Waals surface area contributed by atoms with E-state index in [0.29, 0.717) is 18.3 Å². The minimum atomic E-state index is 0.231. The van der Waals surface area contributed by atoms with Gasteiger partial charge in [0.15, 0.2) is 11.5 Å². The molecule has 1 heterocycles. The zero-order valence-electron chi connectivity index (χ0n) is 6.67. The standard InChI is InChI=1S/C9H12O2/c1-6-5-7(6)9(10)8-3-2-4-11-8/h3,6-7H,2,4-5H2,1H3. The molecule has 2 unspecified atom stereocenters. The number of ether oxygens (including phenoxy) is 1. The number of carbonyl (C=O) groups is 1. The van der Waals surface area contributed by atoms with Crippen LogP contribution in [0.4, 0.5) is 0 Å². The van der Waals surface area contributed by atoms with E-state index in [4.69, 9.17) is 4.74 Å². The van der Waals surface area contributed by atoms with Crippen LogP contribution < -0.4 is 0 Å². The average molecular weight is 152 g/mol. The number of carbonyl (C=O) groups excluding carboxylic acids is 1. The van der Waals surface area contributed by atoms with Crippen LogP contribution in [0.5, 0.6) is 0 Å². The predicted octanol–water partition coefficient (Wildman–Crippen LogP) is 1.52. The van der Waals surface area contributed by atoms with Crippen molar-refractivity contribution in [2.24, 2.45) is 11.8 Å². The number of Topliss-reactive ketones (excluding diaryl/α,β-unsaturated/α-hetero) is 1. The second kappa shape index (κ2) is 2.36. The monoisotopic (exact) mass is 152 g/mol. The van der Waals surface area contributed by atoms with E-state index in [1.54, 1.807) is 0 Å². The molecule has 0 aromatic carbocycles. The van der Waals surface area contributed by atoms with Gasteiger partial charge in [-0.05, 0) is 18.4 Å². The zero-order valence-corrected chi connectivity index (χ0v) is 6.67. The topological polar surface area (TPSA) is 26.3 Å². The van der Waals surface area contributed by atoms with Gasteiger partial charge in [0.05, 0.1) is 6.61 Å². The summed E-state index contributed by atoms with van der Waals surface area (Å²) >= 11 is 0. The normalized spacial score (nSPS) is 34.5. The molecule has 11 heavy (non-hydrogen) atoms. The maximum Gasteiger partial charge on any atom is 0.200 e. The van der Waals surface area contributed by atoms with Gasteiger partial charge >= 0.3 is 0 Å². The molecule has 2 aliphatic rings. The largest absolute Gasteiger partial charge is 0.490 e. The summed E-state index contributed by atoms with van der Waals surface area (Å²) in [6.07, 6.45) is 3.87. The van der Waals surface area contributed by atoms with E-state index in [1.165, 1.54) is 0 Å². The summed E-state index contributed by atoms with van der Waals surface area (Å²) in [5, 5.41) is 0. The average Bonchev–Trinajstić information content (AvgIpc) is 2.56. The molecule has 1 aliphatic carbocycles. The smallest absolute Gasteiger partial charge is 0.200 e. The van der Waals surface area contributed by atoms with Gasteiger partial charge in [0, 0.05) is 12.3 Å². The van der Waals surface area contributed by atoms with E-state index >= 15 is 0 Å². The molecule has 2 atom stereocenters. The molecule has 0 aromatic rings. The Morgan fingerprint density at radius 3 is 2.91 bits per heavy atom. The van der Waals surface area contributed by atoms with Crippen molar-refractivity contribution in [1.82, 2.24) is 0 Å². The summed E-state index contributed by atoms with van der Waals surface area (Å²) in [6, 6.07) is 0. The van der Waals surface area contributed by atoms with E-state index in [1.807, 2.05) is 6.08 Å². The van der Waals surface area contributed by atoms with Gasteiger partial charge in [0.25, 0.3) is 0 Å². The molecule has 2 nitrogen and oxygen atoms in total. The molecule has 1 fully saturated rings. The maximum absolute atomic E-state index is 11.4. The Morgan fingerprint density at radius 1 is 1.73 bits per heavy atom. The summed E-state index contributed by atoms with van der Waals surface area (Å²) in [4.78, 5) is 11.4. The van der Waals surface area contributed by atoms with Crippen molar-refractivity contribution < 1.29 is 9.53 Å². The number of hydrogen-bond donors (Lipinski definition) is 0. The first-order valence-electron chi connectivity index (χ1n) is 4.16. The lowest BCUT2D eigenvalue weighted by Crippen LogP contribution is -2.06. The highest BCUT2D eigenvalue weighted by molar-refractivity contribution is 5.97. The molecule has 0 bridgehead atoms. The van der Waals surface area contributed by atoms with Gasteiger partial charge in [-0.15, -0.1) is 0 Å². The van der Waals surface area contributed by atoms with Crippen LogP contribution in [0.25, 0.3) is 0 Å². The van der Waals surface area contributed by atoms with Crippen LogP contribution in [0, 0.1) is 11.8 Å². The van der Waals surface area contributed by atoms with Gasteiger partial charge in [-0.2, -0.15) is 0 Å². The number of ketones is 1. The minimum Gasteiger partial charge on any atom is -0.490 e. The Morgan fingerprint density at radius 2 is 2.45 bits per heavy atom. The highest BCUT2D eigenvalue weighted by Crippen LogP contribution is 2.40. The second-order valence-corrected chi connectivity index (χ2v) is 3.39. The molecule has 0 aromatic heterocycles. The Hall–Kier alpha value is -0.790. The van der Waals surface area contributed by atoms with E-state index in [-0.39, 0.29) is 11.7 Å². The first kappa shape index (κ1) is 6.89. The van der Waals surface area contributed by atoms with Gasteiger partial charge < -0.3 is 4.74 Å². The Bertz CT molecular complexity index is 218. The molecule has 2 rings (SSSR count). The van der Waals surface area contributed by atoms with Gasteiger partial charge in [-0.1, -0.05) is 6.92 Å². The van der Waals surface area contributed by atoms with Crippen LogP contribution in [0.1, 0.15) is 19.8 Å². The van der Waals surface area contributed by atoms with Gasteiger partial charge in [-0.25, -0.2) is 0 Å². The van der Waals surface area contributed by atoms with Crippen molar-refractivity contribution in [3.8, 4) is 0 Å². The van der Waals surface area contributed by atoms with Gasteiger partial charge in [0.1, 0.15) is 0 Å².